The quantitative estimate of drug-likeness (QED) is 0.105. The van der Waals surface area contributed by atoms with Crippen LogP contribution in [0.25, 0.3) is 0 Å². The van der Waals surface area contributed by atoms with Crippen LogP contribution in [0.4, 0.5) is 5.00 Å². The molecule has 1 amide bonds. The van der Waals surface area contributed by atoms with E-state index in [2.05, 4.69) is 5.32 Å². The maximum atomic E-state index is 14.4. The van der Waals surface area contributed by atoms with Gasteiger partial charge < -0.3 is 84.1 Å². The Morgan fingerprint density at radius 2 is 1.59 bits per heavy atom. The van der Waals surface area contributed by atoms with Gasteiger partial charge in [0.1, 0.15) is 42.7 Å². The number of hydrogen-bond donors (Lipinski definition) is 7. The van der Waals surface area contributed by atoms with Gasteiger partial charge in [0.25, 0.3) is 5.91 Å². The van der Waals surface area contributed by atoms with Gasteiger partial charge in [0, 0.05) is 65.8 Å². The smallest absolute Gasteiger partial charge is 0.308 e. The number of ether oxygens (including phenoxy) is 9. The molecule has 23 heteroatoms. The van der Waals surface area contributed by atoms with Crippen molar-refractivity contribution in [1.82, 2.24) is 10.2 Å². The summed E-state index contributed by atoms with van der Waals surface area (Å²) < 4.78 is 55.8. The van der Waals surface area contributed by atoms with Crippen LogP contribution in [0, 0.1) is 17.8 Å². The third-order valence-corrected chi connectivity index (χ3v) is 17.7. The molecular weight excluding hydrogens is 1100 g/mol. The number of aliphatic hydroxyl groups is 5. The predicted molar refractivity (Wildman–Crippen MR) is 300 cm³/mol. The summed E-state index contributed by atoms with van der Waals surface area (Å²) in [5, 5.41) is 61.3. The van der Waals surface area contributed by atoms with E-state index < -0.39 is 146 Å². The third kappa shape index (κ3) is 16.2. The molecule has 3 fully saturated rings. The molecule has 0 radical (unpaired) electrons. The van der Waals surface area contributed by atoms with E-state index in [9.17, 15) is 39.9 Å². The van der Waals surface area contributed by atoms with Crippen molar-refractivity contribution in [3.8, 4) is 0 Å². The predicted octanol–water partition coefficient (Wildman–Crippen LogP) is 5.34. The van der Waals surface area contributed by atoms with Crippen LogP contribution in [-0.2, 0) is 58.6 Å². The van der Waals surface area contributed by atoms with E-state index in [0.717, 1.165) is 16.9 Å². The summed E-state index contributed by atoms with van der Waals surface area (Å²) in [5.41, 5.74) is 6.74. The zero-order valence-electron chi connectivity index (χ0n) is 47.9. The van der Waals surface area contributed by atoms with Crippen LogP contribution in [0.5, 0.6) is 0 Å². The minimum Gasteiger partial charge on any atom is -0.462 e. The van der Waals surface area contributed by atoms with Crippen molar-refractivity contribution in [2.45, 2.75) is 197 Å². The third-order valence-electron chi connectivity index (χ3n) is 16.0. The molecule has 450 valence electrons. The number of likely N-dealkylation sites (N-methyl/N-ethyl adjacent to an activating group) is 1. The average Bonchev–Trinajstić information content (AvgIpc) is 3.84. The minimum absolute atomic E-state index is 0.0407. The van der Waals surface area contributed by atoms with E-state index in [4.69, 9.17) is 71.6 Å². The molecule has 4 aliphatic heterocycles. The lowest BCUT2D eigenvalue weighted by molar-refractivity contribution is -0.340. The molecule has 20 nitrogen and oxygen atoms in total. The normalized spacial score (nSPS) is 39.1. The van der Waals surface area contributed by atoms with Crippen LogP contribution in [0.3, 0.4) is 0 Å². The Bertz CT molecular complexity index is 2450. The molecule has 1 aromatic carbocycles. The summed E-state index contributed by atoms with van der Waals surface area (Å²) in [5.74, 6) is -4.57. The molecule has 4 aliphatic rings. The fourth-order valence-electron chi connectivity index (χ4n) is 11.2. The van der Waals surface area contributed by atoms with Crippen LogP contribution in [0.15, 0.2) is 48.1 Å². The summed E-state index contributed by atoms with van der Waals surface area (Å²) in [6, 6.07) is 5.94. The van der Waals surface area contributed by atoms with Crippen molar-refractivity contribution in [1.29, 1.82) is 0 Å². The van der Waals surface area contributed by atoms with Gasteiger partial charge in [0.15, 0.2) is 24.7 Å². The average molecular weight is 1190 g/mol. The van der Waals surface area contributed by atoms with Gasteiger partial charge in [-0.05, 0) is 97.8 Å². The van der Waals surface area contributed by atoms with E-state index >= 15 is 0 Å². The fraction of sp³-hybridized carbons (Fsp3) is 0.702. The van der Waals surface area contributed by atoms with E-state index in [1.165, 1.54) is 27.2 Å². The number of carbonyl (C=O) groups is 3. The number of esters is 1. The number of anilines is 1. The SMILES string of the molecule is CC[C@H]1OC(=O)C[C@@H](O)[C@H](C)[C@@H](O[C@@H]2O[C@H](C)[C@@H](O[C@H]3C[C@@](C)(O)[C@@H](O)[C@H](C)O3)[C@H](N(C)C)[C@H]2O)[C@@H](c2cc(C(=O)NCCc3ccc(Cl)cc3Cl)c(N)s2)C[C@@H](C)C(=O)/C=C/C(C)=C/[C@@H]1CO[C@@H]1O[C@H](C)[C@@H](O)[C@@H](OC)[C@H]1OC. The summed E-state index contributed by atoms with van der Waals surface area (Å²) >= 11 is 13.6. The molecule has 0 unspecified atom stereocenters. The van der Waals surface area contributed by atoms with E-state index in [0.29, 0.717) is 33.3 Å². The maximum Gasteiger partial charge on any atom is 0.308 e. The fourth-order valence-corrected chi connectivity index (χ4v) is 12.8. The van der Waals surface area contributed by atoms with Crippen molar-refractivity contribution in [2.24, 2.45) is 17.8 Å². The van der Waals surface area contributed by atoms with Gasteiger partial charge in [-0.25, -0.2) is 0 Å². The molecule has 0 spiro atoms. The highest BCUT2D eigenvalue weighted by atomic mass is 35.5. The van der Waals surface area contributed by atoms with Gasteiger partial charge in [0.05, 0.1) is 65.8 Å². The number of cyclic esters (lactones) is 1. The number of nitrogens with zero attached hydrogens (tertiary/aromatic N) is 1. The first kappa shape index (κ1) is 66.0. The number of allylic oxidation sites excluding steroid dienone is 3. The summed E-state index contributed by atoms with van der Waals surface area (Å²) in [4.78, 5) is 44.9. The molecule has 21 atom stereocenters. The lowest BCUT2D eigenvalue weighted by Crippen LogP contribution is -2.65. The molecule has 0 saturated carbocycles. The first-order valence-corrected chi connectivity index (χ1v) is 29.0. The van der Waals surface area contributed by atoms with Crippen molar-refractivity contribution in [2.75, 3.05) is 47.2 Å². The molecule has 5 heterocycles. The number of ketones is 1. The molecule has 80 heavy (non-hydrogen) atoms. The highest BCUT2D eigenvalue weighted by molar-refractivity contribution is 7.16. The second-order valence-electron chi connectivity index (χ2n) is 22.4. The Labute approximate surface area is 484 Å². The molecule has 3 saturated heterocycles. The number of carbonyl (C=O) groups excluding carboxylic acids is 3. The van der Waals surface area contributed by atoms with E-state index in [1.54, 1.807) is 90.9 Å². The number of hydrogen-bond acceptors (Lipinski definition) is 20. The van der Waals surface area contributed by atoms with Crippen LogP contribution >= 0.6 is 34.5 Å². The van der Waals surface area contributed by atoms with E-state index in [1.807, 2.05) is 13.0 Å². The van der Waals surface area contributed by atoms with Crippen LogP contribution in [0.2, 0.25) is 10.0 Å². The Morgan fingerprint density at radius 3 is 2.23 bits per heavy atom. The highest BCUT2D eigenvalue weighted by Crippen LogP contribution is 2.43. The summed E-state index contributed by atoms with van der Waals surface area (Å²) in [6.07, 6.45) is -9.81. The summed E-state index contributed by atoms with van der Waals surface area (Å²) in [6.45, 7) is 13.8. The molecular formula is C57H85Cl2N3O17S. The topological polar surface area (TPSA) is 277 Å². The second-order valence-corrected chi connectivity index (χ2v) is 24.3. The van der Waals surface area contributed by atoms with Crippen molar-refractivity contribution < 1.29 is 82.5 Å². The van der Waals surface area contributed by atoms with Crippen molar-refractivity contribution in [3.05, 3.63) is 74.1 Å². The minimum atomic E-state index is -1.53. The second kappa shape index (κ2) is 29.1. The Hall–Kier alpha value is -3.17. The molecule has 1 aromatic heterocycles. The zero-order valence-corrected chi connectivity index (χ0v) is 50.2. The number of nitrogen functional groups attached to an aromatic ring is 1. The Morgan fingerprint density at radius 1 is 0.900 bits per heavy atom. The van der Waals surface area contributed by atoms with Gasteiger partial charge in [-0.3, -0.25) is 14.4 Å². The van der Waals surface area contributed by atoms with Crippen molar-refractivity contribution in [3.63, 3.8) is 0 Å². The van der Waals surface area contributed by atoms with Gasteiger partial charge in [-0.1, -0.05) is 67.8 Å². The largest absolute Gasteiger partial charge is 0.462 e. The number of aliphatic hydroxyl groups excluding tert-OH is 4. The Balaban J connectivity index is 1.36. The monoisotopic (exact) mass is 1190 g/mol. The lowest BCUT2D eigenvalue weighted by Gasteiger charge is -2.50. The van der Waals surface area contributed by atoms with Crippen LogP contribution in [0.1, 0.15) is 108 Å². The number of thiophene rings is 1. The summed E-state index contributed by atoms with van der Waals surface area (Å²) in [7, 11) is 6.42. The van der Waals surface area contributed by atoms with Crippen LogP contribution < -0.4 is 11.1 Å². The molecule has 8 N–H and O–H groups in total. The first-order chi connectivity index (χ1) is 37.7. The first-order valence-electron chi connectivity index (χ1n) is 27.5. The number of nitrogens with two attached hydrogens (primary N) is 1. The number of benzene rings is 1. The molecule has 6 rings (SSSR count). The van der Waals surface area contributed by atoms with Gasteiger partial charge in [-0.2, -0.15) is 0 Å². The van der Waals surface area contributed by atoms with Gasteiger partial charge in [-0.15, -0.1) is 11.3 Å². The van der Waals surface area contributed by atoms with Crippen LogP contribution in [-0.4, -0.2) is 193 Å². The number of amides is 1. The van der Waals surface area contributed by atoms with Crippen molar-refractivity contribution >= 4 is 57.2 Å². The highest BCUT2D eigenvalue weighted by Gasteiger charge is 2.52. The van der Waals surface area contributed by atoms with Gasteiger partial charge in [0.2, 0.25) is 0 Å². The number of halogens is 2. The van der Waals surface area contributed by atoms with E-state index in [-0.39, 0.29) is 42.3 Å². The lowest BCUT2D eigenvalue weighted by atomic mass is 9.80. The number of methoxy groups -OCH3 is 2. The zero-order chi connectivity index (χ0) is 59.1. The molecule has 0 aliphatic carbocycles. The number of rotatable bonds is 16. The molecule has 0 bridgehead atoms. The number of nitrogens with one attached hydrogen (secondary N) is 1. The Kier molecular flexibility index (Phi) is 24.0. The molecule has 2 aromatic rings. The maximum absolute atomic E-state index is 14.4. The standard InChI is InChI=1S/C57H85Cl2N3O17S/c1-13-41-34(26-73-56-51(72-12)50(71-11)46(66)30(5)75-56)20-27(2)14-17-39(63)28(3)21-36(42-23-37(53(60)80-42)54(69)61-19-18-33-15-16-35(58)22-38(33)59)48(29(4)40(64)24-43(65)77-41)79-55-47(67)45(62(9)10)49(31(6)76-55)78-44-25-57(8,70)52(68)32(7)74-44/h14-17,20,22-23,28-32,34,36,40-41,44-52,55-56,64,66-68,70H,13,18-19,21,24-26,60H2,1-12H3,(H,61,69)/b17-14+,27-20+/t28-,29+,30-,31-,32+,34-,36-,40-,41-,44+,45-,46-,47-,48-,49-,50-,51-,52+,55+,56-,57-/m1/s1. The van der Waals surface area contributed by atoms with Gasteiger partial charge >= 0.3 is 5.97 Å².